The summed E-state index contributed by atoms with van der Waals surface area (Å²) in [6.45, 7) is 10.6. The van der Waals surface area contributed by atoms with Crippen molar-refractivity contribution in [1.82, 2.24) is 24.6 Å². The average molecular weight is 556 g/mol. The molecule has 1 aromatic carbocycles. The molecular formula is C24H29Cl3N6O3. The van der Waals surface area contributed by atoms with Crippen molar-refractivity contribution >= 4 is 46.8 Å². The zero-order valence-electron chi connectivity index (χ0n) is 20.8. The molecule has 0 fully saturated rings. The number of nitrogens with zero attached hydrogens (tertiary/aromatic N) is 5. The number of aromatic nitrogens is 4. The molecular weight excluding hydrogens is 527 g/mol. The lowest BCUT2D eigenvalue weighted by atomic mass is 10.0. The second kappa shape index (κ2) is 11.5. The molecule has 36 heavy (non-hydrogen) atoms. The number of rotatable bonds is 5. The standard InChI is InChI=1S/C22H23Cl3N6O3.C2H6/c1-22(2,3)34-21(32)30-10-14-16(11-30)28-20(26)29-19(14)18-15(25)6-12(23)7-17(18)33-5-4-31-9-13(24)8-27-31;1-2/h6-9H,4-5,10-11H2,1-3H3,(H2,26,28,29);1-2H3. The van der Waals surface area contributed by atoms with Gasteiger partial charge in [0.1, 0.15) is 18.0 Å². The molecule has 0 atom stereocenters. The summed E-state index contributed by atoms with van der Waals surface area (Å²) < 4.78 is 13.2. The van der Waals surface area contributed by atoms with Crippen LogP contribution in [-0.2, 0) is 24.4 Å². The maximum Gasteiger partial charge on any atom is 0.410 e. The molecule has 0 unspecified atom stereocenters. The minimum absolute atomic E-state index is 0.0583. The largest absolute Gasteiger partial charge is 0.491 e. The van der Waals surface area contributed by atoms with Gasteiger partial charge in [-0.05, 0) is 32.9 Å². The Balaban J connectivity index is 0.00000176. The second-order valence-corrected chi connectivity index (χ2v) is 10.0. The normalized spacial score (nSPS) is 12.6. The molecule has 4 rings (SSSR count). The highest BCUT2D eigenvalue weighted by atomic mass is 35.5. The van der Waals surface area contributed by atoms with Crippen LogP contribution in [-0.4, -0.2) is 42.9 Å². The number of hydrogen-bond acceptors (Lipinski definition) is 7. The third kappa shape index (κ3) is 6.72. The van der Waals surface area contributed by atoms with Crippen molar-refractivity contribution < 1.29 is 14.3 Å². The van der Waals surface area contributed by atoms with Crippen molar-refractivity contribution in [3.8, 4) is 17.0 Å². The van der Waals surface area contributed by atoms with E-state index in [1.54, 1.807) is 34.1 Å². The number of benzene rings is 1. The zero-order valence-corrected chi connectivity index (χ0v) is 23.1. The molecule has 1 amide bonds. The lowest BCUT2D eigenvalue weighted by molar-refractivity contribution is 0.0241. The smallest absolute Gasteiger partial charge is 0.410 e. The maximum atomic E-state index is 12.7. The average Bonchev–Trinajstić information content (AvgIpc) is 3.39. The summed E-state index contributed by atoms with van der Waals surface area (Å²) >= 11 is 18.8. The van der Waals surface area contributed by atoms with E-state index in [9.17, 15) is 4.79 Å². The maximum absolute atomic E-state index is 12.7. The predicted molar refractivity (Wildman–Crippen MR) is 141 cm³/mol. The highest BCUT2D eigenvalue weighted by molar-refractivity contribution is 6.37. The summed E-state index contributed by atoms with van der Waals surface area (Å²) in [6, 6.07) is 3.26. The predicted octanol–water partition coefficient (Wildman–Crippen LogP) is 6.24. The van der Waals surface area contributed by atoms with E-state index < -0.39 is 11.7 Å². The van der Waals surface area contributed by atoms with Crippen molar-refractivity contribution in [2.45, 2.75) is 59.9 Å². The summed E-state index contributed by atoms with van der Waals surface area (Å²) in [5.41, 5.74) is 7.71. The molecule has 12 heteroatoms. The first-order valence-corrected chi connectivity index (χ1v) is 12.6. The highest BCUT2D eigenvalue weighted by Gasteiger charge is 2.33. The minimum atomic E-state index is -0.626. The number of nitrogen functional groups attached to an aromatic ring is 1. The van der Waals surface area contributed by atoms with Gasteiger partial charge in [0.2, 0.25) is 5.95 Å². The van der Waals surface area contributed by atoms with Gasteiger partial charge < -0.3 is 15.2 Å². The Hall–Kier alpha value is -2.75. The van der Waals surface area contributed by atoms with Crippen LogP contribution in [0.4, 0.5) is 10.7 Å². The molecule has 0 spiro atoms. The SMILES string of the molecule is CC.CC(C)(C)OC(=O)N1Cc2nc(N)nc(-c3c(Cl)cc(Cl)cc3OCCn3cc(Cl)cn3)c2C1. The van der Waals surface area contributed by atoms with Gasteiger partial charge >= 0.3 is 6.09 Å². The molecule has 0 saturated heterocycles. The number of carbonyl (C=O) groups is 1. The van der Waals surface area contributed by atoms with Crippen molar-refractivity contribution in [3.63, 3.8) is 0 Å². The number of halogens is 3. The summed E-state index contributed by atoms with van der Waals surface area (Å²) in [5, 5.41) is 5.41. The van der Waals surface area contributed by atoms with Crippen LogP contribution in [0.2, 0.25) is 15.1 Å². The Morgan fingerprint density at radius 1 is 1.11 bits per heavy atom. The first kappa shape index (κ1) is 27.8. The third-order valence-corrected chi connectivity index (χ3v) is 5.60. The van der Waals surface area contributed by atoms with E-state index in [1.807, 2.05) is 34.6 Å². The number of carbonyl (C=O) groups excluding carboxylic acids is 1. The van der Waals surface area contributed by atoms with Gasteiger partial charge in [0.05, 0.1) is 52.8 Å². The fraction of sp³-hybridized carbons (Fsp3) is 0.417. The second-order valence-electron chi connectivity index (χ2n) is 8.72. The molecule has 1 aliphatic rings. The van der Waals surface area contributed by atoms with Crippen LogP contribution in [0.3, 0.4) is 0 Å². The van der Waals surface area contributed by atoms with Crippen molar-refractivity contribution in [1.29, 1.82) is 0 Å². The lowest BCUT2D eigenvalue weighted by Gasteiger charge is -2.24. The Labute approximate surface area is 225 Å². The first-order valence-electron chi connectivity index (χ1n) is 11.4. The Kier molecular flexibility index (Phi) is 8.92. The van der Waals surface area contributed by atoms with E-state index in [0.29, 0.717) is 49.9 Å². The van der Waals surface area contributed by atoms with Crippen molar-refractivity contribution in [2.24, 2.45) is 0 Å². The first-order chi connectivity index (χ1) is 17.0. The molecule has 2 N–H and O–H groups in total. The van der Waals surface area contributed by atoms with Gasteiger partial charge in [-0.15, -0.1) is 0 Å². The number of anilines is 1. The van der Waals surface area contributed by atoms with Gasteiger partial charge in [0.15, 0.2) is 0 Å². The van der Waals surface area contributed by atoms with Crippen LogP contribution < -0.4 is 10.5 Å². The molecule has 194 valence electrons. The summed E-state index contributed by atoms with van der Waals surface area (Å²) in [4.78, 5) is 23.0. The van der Waals surface area contributed by atoms with E-state index in [-0.39, 0.29) is 25.6 Å². The number of amides is 1. The van der Waals surface area contributed by atoms with Gasteiger partial charge in [-0.25, -0.2) is 14.8 Å². The number of ether oxygens (including phenoxy) is 2. The molecule has 3 aromatic rings. The number of fused-ring (bicyclic) bond motifs is 1. The van der Waals surface area contributed by atoms with E-state index in [2.05, 4.69) is 15.1 Å². The molecule has 3 heterocycles. The van der Waals surface area contributed by atoms with Crippen LogP contribution in [0.15, 0.2) is 24.5 Å². The number of hydrogen-bond donors (Lipinski definition) is 1. The lowest BCUT2D eigenvalue weighted by Crippen LogP contribution is -2.33. The van der Waals surface area contributed by atoms with Crippen molar-refractivity contribution in [3.05, 3.63) is 50.9 Å². The Morgan fingerprint density at radius 3 is 2.47 bits per heavy atom. The molecule has 2 aromatic heterocycles. The van der Waals surface area contributed by atoms with E-state index in [4.69, 9.17) is 50.0 Å². The Bertz CT molecular complexity index is 1240. The van der Waals surface area contributed by atoms with Crippen LogP contribution >= 0.6 is 34.8 Å². The van der Waals surface area contributed by atoms with Gasteiger partial charge in [0.25, 0.3) is 0 Å². The summed E-state index contributed by atoms with van der Waals surface area (Å²) in [5.74, 6) is 0.481. The highest BCUT2D eigenvalue weighted by Crippen LogP contribution is 2.42. The molecule has 9 nitrogen and oxygen atoms in total. The monoisotopic (exact) mass is 554 g/mol. The van der Waals surface area contributed by atoms with Gasteiger partial charge in [-0.1, -0.05) is 48.7 Å². The molecule has 1 aliphatic heterocycles. The molecule has 0 saturated carbocycles. The van der Waals surface area contributed by atoms with Gasteiger partial charge in [-0.2, -0.15) is 5.10 Å². The summed E-state index contributed by atoms with van der Waals surface area (Å²) in [7, 11) is 0. The topological polar surface area (TPSA) is 108 Å². The third-order valence-electron chi connectivity index (χ3n) is 4.89. The summed E-state index contributed by atoms with van der Waals surface area (Å²) in [6.07, 6.45) is 2.79. The van der Waals surface area contributed by atoms with E-state index >= 15 is 0 Å². The molecule has 0 bridgehead atoms. The van der Waals surface area contributed by atoms with Gasteiger partial charge in [0, 0.05) is 16.8 Å². The molecule has 0 radical (unpaired) electrons. The van der Waals surface area contributed by atoms with Crippen LogP contribution in [0.25, 0.3) is 11.3 Å². The fourth-order valence-corrected chi connectivity index (χ4v) is 4.26. The fourth-order valence-electron chi connectivity index (χ4n) is 3.54. The van der Waals surface area contributed by atoms with E-state index in [1.165, 1.54) is 0 Å². The van der Waals surface area contributed by atoms with Crippen LogP contribution in [0.5, 0.6) is 5.75 Å². The van der Waals surface area contributed by atoms with E-state index in [0.717, 1.165) is 0 Å². The zero-order chi connectivity index (χ0) is 26.6. The van der Waals surface area contributed by atoms with Gasteiger partial charge in [-0.3, -0.25) is 9.58 Å². The van der Waals surface area contributed by atoms with Crippen LogP contribution in [0, 0.1) is 0 Å². The number of nitrogens with two attached hydrogens (primary N) is 1. The quantitative estimate of drug-likeness (QED) is 0.397. The van der Waals surface area contributed by atoms with Crippen LogP contribution in [0.1, 0.15) is 45.9 Å². The molecule has 0 aliphatic carbocycles. The van der Waals surface area contributed by atoms with Crippen molar-refractivity contribution in [2.75, 3.05) is 12.3 Å². The minimum Gasteiger partial charge on any atom is -0.491 e. The Morgan fingerprint density at radius 2 is 1.83 bits per heavy atom.